The van der Waals surface area contributed by atoms with Gasteiger partial charge in [-0.15, -0.1) is 0 Å². The highest BCUT2D eigenvalue weighted by atomic mass is 35.5. The fourth-order valence-electron chi connectivity index (χ4n) is 4.12. The van der Waals surface area contributed by atoms with Gasteiger partial charge in [-0.25, -0.2) is 9.18 Å². The highest BCUT2D eigenvalue weighted by molar-refractivity contribution is 6.31. The van der Waals surface area contributed by atoms with Crippen molar-refractivity contribution in [2.45, 2.75) is 43.4 Å². The van der Waals surface area contributed by atoms with Gasteiger partial charge in [-0.1, -0.05) is 11.6 Å². The van der Waals surface area contributed by atoms with E-state index >= 15 is 0 Å². The third kappa shape index (κ3) is 6.08. The van der Waals surface area contributed by atoms with Crippen LogP contribution in [-0.4, -0.2) is 78.4 Å². The largest absolute Gasteiger partial charge is 0.490 e. The summed E-state index contributed by atoms with van der Waals surface area (Å²) in [6, 6.07) is 4.64. The van der Waals surface area contributed by atoms with Crippen LogP contribution in [0.1, 0.15) is 36.0 Å². The molecule has 1 aromatic rings. The van der Waals surface area contributed by atoms with E-state index in [1.54, 1.807) is 7.11 Å². The molecule has 2 aliphatic rings. The first-order chi connectivity index (χ1) is 14.4. The second-order valence-electron chi connectivity index (χ2n) is 7.71. The quantitative estimate of drug-likeness (QED) is 0.683. The van der Waals surface area contributed by atoms with Crippen molar-refractivity contribution in [1.29, 1.82) is 0 Å². The summed E-state index contributed by atoms with van der Waals surface area (Å²) in [6.07, 6.45) is -0.859. The zero-order valence-corrected chi connectivity index (χ0v) is 18.0. The molecule has 2 aliphatic heterocycles. The molecule has 1 atom stereocenters. The second kappa shape index (κ2) is 10.1. The summed E-state index contributed by atoms with van der Waals surface area (Å²) in [4.78, 5) is 25.8. The molecule has 1 spiro atoms. The Hall–Kier alpha value is -1.91. The number of rotatable bonds is 3. The van der Waals surface area contributed by atoms with Gasteiger partial charge in [-0.05, 0) is 50.9 Å². The number of amides is 1. The van der Waals surface area contributed by atoms with Crippen molar-refractivity contribution >= 4 is 23.5 Å². The Balaban J connectivity index is 0.000000423. The number of piperidine rings is 1. The van der Waals surface area contributed by atoms with Gasteiger partial charge in [-0.2, -0.15) is 13.2 Å². The number of carbonyl (C=O) groups excluding carboxylic acids is 1. The molecule has 2 heterocycles. The lowest BCUT2D eigenvalue weighted by atomic mass is 9.85. The predicted octanol–water partition coefficient (Wildman–Crippen LogP) is 3.83. The zero-order chi connectivity index (χ0) is 23.4. The summed E-state index contributed by atoms with van der Waals surface area (Å²) in [6.45, 7) is 2.20. The molecule has 3 rings (SSSR count). The van der Waals surface area contributed by atoms with Gasteiger partial charge in [0.05, 0.1) is 11.6 Å². The van der Waals surface area contributed by atoms with Gasteiger partial charge >= 0.3 is 12.1 Å². The summed E-state index contributed by atoms with van der Waals surface area (Å²) < 4.78 is 50.3. The van der Waals surface area contributed by atoms with E-state index in [1.165, 1.54) is 18.2 Å². The number of hydrogen-bond donors (Lipinski definition) is 1. The summed E-state index contributed by atoms with van der Waals surface area (Å²) in [5, 5.41) is 7.12. The van der Waals surface area contributed by atoms with E-state index < -0.39 is 18.0 Å². The average Bonchev–Trinajstić information content (AvgIpc) is 3.00. The Morgan fingerprint density at radius 2 is 1.84 bits per heavy atom. The number of carboxylic acid groups (broad SMARTS) is 1. The van der Waals surface area contributed by atoms with Crippen molar-refractivity contribution in [1.82, 2.24) is 9.80 Å². The smallest absolute Gasteiger partial charge is 0.475 e. The van der Waals surface area contributed by atoms with Gasteiger partial charge in [0.2, 0.25) is 0 Å². The first kappa shape index (κ1) is 25.4. The molecule has 0 aliphatic carbocycles. The van der Waals surface area contributed by atoms with Crippen LogP contribution in [0.3, 0.4) is 0 Å². The van der Waals surface area contributed by atoms with Crippen LogP contribution in [0, 0.1) is 5.82 Å². The van der Waals surface area contributed by atoms with Crippen molar-refractivity contribution in [3.63, 3.8) is 0 Å². The Kier molecular flexibility index (Phi) is 8.29. The number of halogens is 5. The maximum absolute atomic E-state index is 13.3. The van der Waals surface area contributed by atoms with Gasteiger partial charge in [0.1, 0.15) is 5.82 Å². The minimum Gasteiger partial charge on any atom is -0.475 e. The molecule has 2 fully saturated rings. The van der Waals surface area contributed by atoms with E-state index in [0.29, 0.717) is 11.6 Å². The molecule has 0 radical (unpaired) electrons. The van der Waals surface area contributed by atoms with Crippen molar-refractivity contribution in [2.75, 3.05) is 33.9 Å². The standard InChI is InChI=1S/C18H24ClFN2O2.C2HF3O2/c1-21-14(12-24-2)5-6-18(21)7-9-22(10-8-18)17(23)13-3-4-16(20)15(19)11-13;3-2(4,5)1(6)7/h3-4,11,14H,5-10,12H2,1-2H3;(H,6,7). The monoisotopic (exact) mass is 468 g/mol. The topological polar surface area (TPSA) is 70.1 Å². The minimum absolute atomic E-state index is 0.00716. The molecule has 1 aromatic carbocycles. The first-order valence-corrected chi connectivity index (χ1v) is 10.1. The van der Waals surface area contributed by atoms with Crippen LogP contribution in [0.5, 0.6) is 0 Å². The summed E-state index contributed by atoms with van der Waals surface area (Å²) in [7, 11) is 3.92. The molecule has 2 saturated heterocycles. The number of likely N-dealkylation sites (N-methyl/N-ethyl adjacent to an activating group) is 1. The van der Waals surface area contributed by atoms with E-state index in [-0.39, 0.29) is 16.5 Å². The molecule has 31 heavy (non-hydrogen) atoms. The lowest BCUT2D eigenvalue weighted by molar-refractivity contribution is -0.192. The third-order valence-corrected chi connectivity index (χ3v) is 6.28. The number of carboxylic acids is 1. The van der Waals surface area contributed by atoms with Crippen LogP contribution < -0.4 is 0 Å². The fourth-order valence-corrected chi connectivity index (χ4v) is 4.30. The molecule has 1 amide bonds. The number of aliphatic carboxylic acids is 1. The number of ether oxygens (including phenoxy) is 1. The normalized spacial score (nSPS) is 21.0. The molecule has 11 heteroatoms. The molecule has 6 nitrogen and oxygen atoms in total. The van der Waals surface area contributed by atoms with E-state index in [1.807, 2.05) is 4.90 Å². The van der Waals surface area contributed by atoms with Gasteiger partial charge in [-0.3, -0.25) is 9.69 Å². The Bertz CT molecular complexity index is 798. The number of benzene rings is 1. The van der Waals surface area contributed by atoms with Gasteiger partial charge in [0.15, 0.2) is 0 Å². The Labute approximate surface area is 182 Å². The van der Waals surface area contributed by atoms with Gasteiger partial charge in [0.25, 0.3) is 5.91 Å². The number of nitrogens with zero attached hydrogens (tertiary/aromatic N) is 2. The van der Waals surface area contributed by atoms with E-state index in [4.69, 9.17) is 26.2 Å². The highest BCUT2D eigenvalue weighted by Crippen LogP contribution is 2.40. The SMILES string of the molecule is COCC1CCC2(CCN(C(=O)c3ccc(F)c(Cl)c3)CC2)N1C.O=C(O)C(F)(F)F. The number of carbonyl (C=O) groups is 2. The molecule has 174 valence electrons. The van der Waals surface area contributed by atoms with Crippen LogP contribution in [0.2, 0.25) is 5.02 Å². The number of alkyl halides is 3. The molecule has 1 N–H and O–H groups in total. The second-order valence-corrected chi connectivity index (χ2v) is 8.11. The summed E-state index contributed by atoms with van der Waals surface area (Å²) in [5.41, 5.74) is 0.634. The number of hydrogen-bond acceptors (Lipinski definition) is 4. The van der Waals surface area contributed by atoms with E-state index in [0.717, 1.165) is 45.4 Å². The zero-order valence-electron chi connectivity index (χ0n) is 17.2. The van der Waals surface area contributed by atoms with E-state index in [2.05, 4.69) is 11.9 Å². The number of likely N-dealkylation sites (tertiary alicyclic amines) is 2. The maximum atomic E-state index is 13.3. The first-order valence-electron chi connectivity index (χ1n) is 9.67. The average molecular weight is 469 g/mol. The molecule has 0 saturated carbocycles. The van der Waals surface area contributed by atoms with Gasteiger partial charge in [0, 0.05) is 37.3 Å². The molecular formula is C20H25ClF4N2O4. The van der Waals surface area contributed by atoms with Crippen molar-refractivity contribution in [2.24, 2.45) is 0 Å². The van der Waals surface area contributed by atoms with Crippen LogP contribution in [0.4, 0.5) is 17.6 Å². The van der Waals surface area contributed by atoms with Crippen molar-refractivity contribution in [3.05, 3.63) is 34.6 Å². The van der Waals surface area contributed by atoms with Crippen LogP contribution >= 0.6 is 11.6 Å². The maximum Gasteiger partial charge on any atom is 0.490 e. The van der Waals surface area contributed by atoms with E-state index in [9.17, 15) is 22.4 Å². The van der Waals surface area contributed by atoms with Gasteiger partial charge < -0.3 is 14.7 Å². The molecule has 0 aromatic heterocycles. The minimum atomic E-state index is -5.08. The van der Waals surface area contributed by atoms with Crippen LogP contribution in [0.15, 0.2) is 18.2 Å². The lowest BCUT2D eigenvalue weighted by Crippen LogP contribution is -2.54. The highest BCUT2D eigenvalue weighted by Gasteiger charge is 2.46. The molecule has 0 bridgehead atoms. The molecular weight excluding hydrogens is 444 g/mol. The third-order valence-electron chi connectivity index (χ3n) is 5.99. The Morgan fingerprint density at radius 1 is 1.26 bits per heavy atom. The predicted molar refractivity (Wildman–Crippen MR) is 106 cm³/mol. The van der Waals surface area contributed by atoms with Crippen molar-refractivity contribution < 1.29 is 37.0 Å². The van der Waals surface area contributed by atoms with Crippen LogP contribution in [-0.2, 0) is 9.53 Å². The van der Waals surface area contributed by atoms with Crippen molar-refractivity contribution in [3.8, 4) is 0 Å². The Morgan fingerprint density at radius 3 is 2.32 bits per heavy atom. The lowest BCUT2D eigenvalue weighted by Gasteiger charge is -2.45. The summed E-state index contributed by atoms with van der Waals surface area (Å²) >= 11 is 5.80. The number of methoxy groups -OCH3 is 1. The molecule has 1 unspecified atom stereocenters. The summed E-state index contributed by atoms with van der Waals surface area (Å²) in [5.74, 6) is -3.32. The van der Waals surface area contributed by atoms with Crippen LogP contribution in [0.25, 0.3) is 0 Å². The fraction of sp³-hybridized carbons (Fsp3) is 0.600.